The van der Waals surface area contributed by atoms with Gasteiger partial charge in [-0.2, -0.15) is 0 Å². The normalized spacial score (nSPS) is 14.8. The molecule has 2 aromatic carbocycles. The monoisotopic (exact) mass is 472 g/mol. The zero-order chi connectivity index (χ0) is 23.4. The van der Waals surface area contributed by atoms with Gasteiger partial charge in [-0.1, -0.05) is 29.1 Å². The fourth-order valence-corrected chi connectivity index (χ4v) is 3.45. The molecule has 0 aromatic heterocycles. The number of barbiturate groups is 1. The molecule has 0 radical (unpaired) electrons. The molecule has 8 nitrogen and oxygen atoms in total. The van der Waals surface area contributed by atoms with Gasteiger partial charge in [0.15, 0.2) is 5.75 Å². The Morgan fingerprint density at radius 2 is 1.78 bits per heavy atom. The van der Waals surface area contributed by atoms with Crippen LogP contribution in [-0.4, -0.2) is 37.5 Å². The zero-order valence-corrected chi connectivity index (χ0v) is 18.0. The van der Waals surface area contributed by atoms with Crippen LogP contribution in [0.2, 0.25) is 10.0 Å². The predicted molar refractivity (Wildman–Crippen MR) is 118 cm³/mol. The van der Waals surface area contributed by atoms with Crippen LogP contribution in [0.5, 0.6) is 5.75 Å². The van der Waals surface area contributed by atoms with E-state index >= 15 is 0 Å². The third-order valence-electron chi connectivity index (χ3n) is 4.28. The highest BCUT2D eigenvalue weighted by Gasteiger charge is 2.37. The van der Waals surface area contributed by atoms with Crippen molar-refractivity contribution in [1.82, 2.24) is 5.32 Å². The van der Waals surface area contributed by atoms with E-state index in [0.717, 1.165) is 4.90 Å². The van der Waals surface area contributed by atoms with Gasteiger partial charge in [0.1, 0.15) is 12.2 Å². The van der Waals surface area contributed by atoms with Crippen molar-refractivity contribution in [3.63, 3.8) is 0 Å². The van der Waals surface area contributed by atoms with E-state index in [-0.39, 0.29) is 39.2 Å². The number of ether oxygens (including phenoxy) is 2. The fourth-order valence-electron chi connectivity index (χ4n) is 2.84. The van der Waals surface area contributed by atoms with E-state index in [1.54, 1.807) is 0 Å². The first-order chi connectivity index (χ1) is 15.3. The maximum absolute atomic E-state index is 13.0. The zero-order valence-electron chi connectivity index (χ0n) is 16.5. The Morgan fingerprint density at radius 1 is 1.16 bits per heavy atom. The van der Waals surface area contributed by atoms with Crippen molar-refractivity contribution < 1.29 is 28.7 Å². The molecule has 0 spiro atoms. The molecule has 1 N–H and O–H groups in total. The molecule has 0 aliphatic carbocycles. The Hall–Kier alpha value is -3.80. The SMILES string of the molecule is C#CCOc1c(Cl)cc(/C=C2\C(=O)NC(=O)N(c3ccc(C(=O)OC)cc3)C2=O)cc1Cl. The molecule has 0 unspecified atom stereocenters. The van der Waals surface area contributed by atoms with E-state index in [1.165, 1.54) is 49.6 Å². The van der Waals surface area contributed by atoms with Crippen molar-refractivity contribution in [2.24, 2.45) is 0 Å². The quantitative estimate of drug-likeness (QED) is 0.309. The standard InChI is InChI=1S/C22H14Cl2N2O6/c1-3-8-32-18-16(23)10-12(11-17(18)24)9-15-19(27)25-22(30)26(20(15)28)14-6-4-13(5-7-14)21(29)31-2/h1,4-7,9-11H,8H2,2H3,(H,25,27,30)/b15-9+. The third kappa shape index (κ3) is 4.59. The number of hydrogen-bond donors (Lipinski definition) is 1. The summed E-state index contributed by atoms with van der Waals surface area (Å²) in [6.45, 7) is -0.0490. The lowest BCUT2D eigenvalue weighted by atomic mass is 10.1. The summed E-state index contributed by atoms with van der Waals surface area (Å²) in [5.41, 5.74) is 0.366. The number of terminal acetylenes is 1. The fraction of sp³-hybridized carbons (Fsp3) is 0.0909. The molecule has 0 saturated carbocycles. The number of hydrogen-bond acceptors (Lipinski definition) is 6. The maximum Gasteiger partial charge on any atom is 0.337 e. The van der Waals surface area contributed by atoms with Crippen LogP contribution in [-0.2, 0) is 14.3 Å². The topological polar surface area (TPSA) is 102 Å². The Bertz CT molecular complexity index is 1170. The first kappa shape index (κ1) is 22.9. The summed E-state index contributed by atoms with van der Waals surface area (Å²) in [6.07, 6.45) is 6.39. The first-order valence-electron chi connectivity index (χ1n) is 8.92. The largest absolute Gasteiger partial charge is 0.478 e. The summed E-state index contributed by atoms with van der Waals surface area (Å²) in [4.78, 5) is 50.0. The Balaban J connectivity index is 1.96. The molecule has 1 fully saturated rings. The Kier molecular flexibility index (Phi) is 6.83. The van der Waals surface area contributed by atoms with Gasteiger partial charge >= 0.3 is 12.0 Å². The number of anilines is 1. The van der Waals surface area contributed by atoms with E-state index in [4.69, 9.17) is 34.4 Å². The van der Waals surface area contributed by atoms with Crippen molar-refractivity contribution in [3.05, 3.63) is 63.1 Å². The van der Waals surface area contributed by atoms with Gasteiger partial charge in [0.05, 0.1) is 28.4 Å². The number of methoxy groups -OCH3 is 1. The van der Waals surface area contributed by atoms with E-state index in [2.05, 4.69) is 16.0 Å². The molecular weight excluding hydrogens is 459 g/mol. The highest BCUT2D eigenvalue weighted by molar-refractivity contribution is 6.40. The van der Waals surface area contributed by atoms with Gasteiger partial charge in [-0.05, 0) is 48.0 Å². The molecule has 2 aromatic rings. The van der Waals surface area contributed by atoms with Gasteiger partial charge in [0.25, 0.3) is 11.8 Å². The van der Waals surface area contributed by atoms with Crippen molar-refractivity contribution in [1.29, 1.82) is 0 Å². The number of nitrogens with one attached hydrogen (secondary N) is 1. The molecule has 1 saturated heterocycles. The molecule has 1 aliphatic heterocycles. The van der Waals surface area contributed by atoms with Crippen LogP contribution in [0.15, 0.2) is 42.0 Å². The van der Waals surface area contributed by atoms with Crippen LogP contribution in [0.1, 0.15) is 15.9 Å². The summed E-state index contributed by atoms with van der Waals surface area (Å²) in [7, 11) is 1.23. The molecule has 1 aliphatic rings. The summed E-state index contributed by atoms with van der Waals surface area (Å²) >= 11 is 12.3. The number of esters is 1. The van der Waals surface area contributed by atoms with Crippen LogP contribution >= 0.6 is 23.2 Å². The number of halogens is 2. The Labute approximate surface area is 192 Å². The smallest absolute Gasteiger partial charge is 0.337 e. The molecular formula is C22H14Cl2N2O6. The maximum atomic E-state index is 13.0. The van der Waals surface area contributed by atoms with Gasteiger partial charge in [-0.15, -0.1) is 6.42 Å². The number of rotatable bonds is 5. The minimum Gasteiger partial charge on any atom is -0.478 e. The molecule has 1 heterocycles. The highest BCUT2D eigenvalue weighted by atomic mass is 35.5. The van der Waals surface area contributed by atoms with Crippen molar-refractivity contribution in [2.75, 3.05) is 18.6 Å². The average molecular weight is 473 g/mol. The lowest BCUT2D eigenvalue weighted by Crippen LogP contribution is -2.54. The summed E-state index contributed by atoms with van der Waals surface area (Å²) in [6, 6.07) is 7.45. The molecule has 0 bridgehead atoms. The highest BCUT2D eigenvalue weighted by Crippen LogP contribution is 2.35. The molecule has 4 amide bonds. The number of nitrogens with zero attached hydrogens (tertiary/aromatic N) is 1. The minimum atomic E-state index is -0.933. The van der Waals surface area contributed by atoms with Crippen LogP contribution in [0.4, 0.5) is 10.5 Å². The first-order valence-corrected chi connectivity index (χ1v) is 9.67. The number of imide groups is 2. The summed E-state index contributed by atoms with van der Waals surface area (Å²) in [5, 5.41) is 2.34. The van der Waals surface area contributed by atoms with Crippen LogP contribution in [0, 0.1) is 12.3 Å². The van der Waals surface area contributed by atoms with E-state index in [9.17, 15) is 19.2 Å². The van der Waals surface area contributed by atoms with Gasteiger partial charge in [0.2, 0.25) is 0 Å². The van der Waals surface area contributed by atoms with Crippen LogP contribution in [0.25, 0.3) is 6.08 Å². The average Bonchev–Trinajstić information content (AvgIpc) is 2.76. The van der Waals surface area contributed by atoms with Gasteiger partial charge < -0.3 is 9.47 Å². The number of carbonyl (C=O) groups is 4. The van der Waals surface area contributed by atoms with E-state index < -0.39 is 23.8 Å². The molecule has 10 heteroatoms. The number of carbonyl (C=O) groups excluding carboxylic acids is 4. The number of benzene rings is 2. The van der Waals surface area contributed by atoms with Gasteiger partial charge in [-0.25, -0.2) is 14.5 Å². The molecule has 162 valence electrons. The lowest BCUT2D eigenvalue weighted by Gasteiger charge is -2.26. The second kappa shape index (κ2) is 9.56. The molecule has 0 atom stereocenters. The number of urea groups is 1. The number of amides is 4. The van der Waals surface area contributed by atoms with Gasteiger partial charge in [-0.3, -0.25) is 14.9 Å². The molecule has 3 rings (SSSR count). The summed E-state index contributed by atoms with van der Waals surface area (Å²) in [5.74, 6) is 0.114. The summed E-state index contributed by atoms with van der Waals surface area (Å²) < 4.78 is 9.89. The molecule has 32 heavy (non-hydrogen) atoms. The second-order valence-corrected chi connectivity index (χ2v) is 7.12. The van der Waals surface area contributed by atoms with Crippen LogP contribution in [0.3, 0.4) is 0 Å². The van der Waals surface area contributed by atoms with Crippen LogP contribution < -0.4 is 15.0 Å². The van der Waals surface area contributed by atoms with Crippen molar-refractivity contribution in [3.8, 4) is 18.1 Å². The lowest BCUT2D eigenvalue weighted by molar-refractivity contribution is -0.122. The van der Waals surface area contributed by atoms with E-state index in [0.29, 0.717) is 5.56 Å². The third-order valence-corrected chi connectivity index (χ3v) is 4.84. The Morgan fingerprint density at radius 3 is 2.34 bits per heavy atom. The van der Waals surface area contributed by atoms with Crippen molar-refractivity contribution in [2.45, 2.75) is 0 Å². The second-order valence-electron chi connectivity index (χ2n) is 6.30. The predicted octanol–water partition coefficient (Wildman–Crippen LogP) is 3.46. The van der Waals surface area contributed by atoms with Crippen molar-refractivity contribution >= 4 is 58.8 Å². The van der Waals surface area contributed by atoms with E-state index in [1.807, 2.05) is 0 Å². The minimum absolute atomic E-state index is 0.0490. The van der Waals surface area contributed by atoms with Gasteiger partial charge in [0, 0.05) is 0 Å².